The molecule has 0 unspecified atom stereocenters. The summed E-state index contributed by atoms with van der Waals surface area (Å²) in [4.78, 5) is 29.2. The van der Waals surface area contributed by atoms with E-state index in [2.05, 4.69) is 4.98 Å². The maximum atomic E-state index is 12.5. The quantitative estimate of drug-likeness (QED) is 0.800. The molecular formula is C20H20N2O2. The zero-order chi connectivity index (χ0) is 17.3. The molecule has 0 fully saturated rings. The van der Waals surface area contributed by atoms with E-state index < -0.39 is 0 Å². The molecule has 3 rings (SSSR count). The van der Waals surface area contributed by atoms with Crippen LogP contribution in [0.4, 0.5) is 5.69 Å². The summed E-state index contributed by atoms with van der Waals surface area (Å²) in [5.74, 6) is -0.0898. The molecule has 122 valence electrons. The van der Waals surface area contributed by atoms with E-state index in [1.54, 1.807) is 4.90 Å². The second-order valence-electron chi connectivity index (χ2n) is 6.05. The molecule has 0 aliphatic heterocycles. The molecule has 1 amide bonds. The minimum atomic E-state index is -0.156. The van der Waals surface area contributed by atoms with Crippen molar-refractivity contribution in [3.63, 3.8) is 0 Å². The van der Waals surface area contributed by atoms with Gasteiger partial charge in [-0.15, -0.1) is 0 Å². The number of fused-ring (bicyclic) bond motifs is 1. The van der Waals surface area contributed by atoms with Crippen molar-refractivity contribution in [3.05, 3.63) is 75.6 Å². The maximum absolute atomic E-state index is 12.5. The number of nitrogens with one attached hydrogen (secondary N) is 1. The molecule has 0 saturated carbocycles. The summed E-state index contributed by atoms with van der Waals surface area (Å²) in [5.41, 5.74) is 4.12. The zero-order valence-electron chi connectivity index (χ0n) is 14.1. The van der Waals surface area contributed by atoms with E-state index in [-0.39, 0.29) is 18.0 Å². The van der Waals surface area contributed by atoms with Crippen LogP contribution in [0.1, 0.15) is 23.6 Å². The molecule has 0 radical (unpaired) electrons. The van der Waals surface area contributed by atoms with Crippen molar-refractivity contribution < 1.29 is 4.79 Å². The number of aryl methyl sites for hydroxylation is 2. The number of carbonyl (C=O) groups excluding carboxylic acids is 1. The number of H-pyrrole nitrogens is 1. The summed E-state index contributed by atoms with van der Waals surface area (Å²) in [5, 5.41) is 0.970. The van der Waals surface area contributed by atoms with Gasteiger partial charge in [-0.2, -0.15) is 0 Å². The third-order valence-corrected chi connectivity index (χ3v) is 4.28. The fraction of sp³-hybridized carbons (Fsp3) is 0.200. The highest BCUT2D eigenvalue weighted by molar-refractivity contribution is 5.92. The van der Waals surface area contributed by atoms with Gasteiger partial charge in [-0.3, -0.25) is 9.59 Å². The smallest absolute Gasteiger partial charge is 0.253 e. The van der Waals surface area contributed by atoms with Crippen LogP contribution in [-0.2, 0) is 11.3 Å². The van der Waals surface area contributed by atoms with Gasteiger partial charge in [-0.1, -0.05) is 36.4 Å². The van der Waals surface area contributed by atoms with Crippen molar-refractivity contribution in [1.29, 1.82) is 0 Å². The summed E-state index contributed by atoms with van der Waals surface area (Å²) in [7, 11) is 0. The van der Waals surface area contributed by atoms with Crippen LogP contribution in [0.25, 0.3) is 10.9 Å². The second kappa shape index (κ2) is 6.32. The number of carbonyl (C=O) groups is 1. The number of pyridine rings is 1. The number of aromatic nitrogens is 1. The molecule has 4 nitrogen and oxygen atoms in total. The minimum Gasteiger partial charge on any atom is -0.321 e. The van der Waals surface area contributed by atoms with Crippen LogP contribution in [0.2, 0.25) is 0 Å². The van der Waals surface area contributed by atoms with Gasteiger partial charge in [0.2, 0.25) is 5.91 Å². The molecule has 1 aromatic heterocycles. The highest BCUT2D eigenvalue weighted by atomic mass is 16.2. The SMILES string of the molecule is CC(=O)N(Cc1cc2cccc(C)c2[nH]c1=O)c1ccccc1C. The van der Waals surface area contributed by atoms with E-state index in [0.717, 1.165) is 27.7 Å². The Hall–Kier alpha value is -2.88. The van der Waals surface area contributed by atoms with Gasteiger partial charge in [0.15, 0.2) is 0 Å². The number of anilines is 1. The Bertz CT molecular complexity index is 973. The van der Waals surface area contributed by atoms with Crippen LogP contribution in [0.15, 0.2) is 53.3 Å². The lowest BCUT2D eigenvalue weighted by atomic mass is 10.1. The van der Waals surface area contributed by atoms with E-state index in [9.17, 15) is 9.59 Å². The number of nitrogens with zero attached hydrogens (tertiary/aromatic N) is 1. The van der Waals surface area contributed by atoms with Crippen LogP contribution in [0, 0.1) is 13.8 Å². The van der Waals surface area contributed by atoms with Crippen molar-refractivity contribution in [2.45, 2.75) is 27.3 Å². The molecular weight excluding hydrogens is 300 g/mol. The Morgan fingerprint density at radius 3 is 2.46 bits per heavy atom. The van der Waals surface area contributed by atoms with Gasteiger partial charge in [0.1, 0.15) is 0 Å². The number of hydrogen-bond donors (Lipinski definition) is 1. The number of para-hydroxylation sites is 2. The van der Waals surface area contributed by atoms with E-state index in [0.29, 0.717) is 5.56 Å². The van der Waals surface area contributed by atoms with Crippen LogP contribution < -0.4 is 10.5 Å². The molecule has 24 heavy (non-hydrogen) atoms. The van der Waals surface area contributed by atoms with Crippen LogP contribution in [0.5, 0.6) is 0 Å². The molecule has 0 saturated heterocycles. The highest BCUT2D eigenvalue weighted by Crippen LogP contribution is 2.22. The van der Waals surface area contributed by atoms with Crippen molar-refractivity contribution in [3.8, 4) is 0 Å². The molecule has 0 spiro atoms. The zero-order valence-corrected chi connectivity index (χ0v) is 14.1. The first-order valence-electron chi connectivity index (χ1n) is 7.92. The predicted molar refractivity (Wildman–Crippen MR) is 97.3 cm³/mol. The van der Waals surface area contributed by atoms with Crippen molar-refractivity contribution in [1.82, 2.24) is 4.98 Å². The van der Waals surface area contributed by atoms with E-state index in [4.69, 9.17) is 0 Å². The molecule has 0 bridgehead atoms. The number of benzene rings is 2. The third-order valence-electron chi connectivity index (χ3n) is 4.28. The van der Waals surface area contributed by atoms with Gasteiger partial charge >= 0.3 is 0 Å². The Morgan fingerprint density at radius 1 is 1.04 bits per heavy atom. The predicted octanol–water partition coefficient (Wildman–Crippen LogP) is 3.70. The fourth-order valence-electron chi connectivity index (χ4n) is 2.95. The molecule has 4 heteroatoms. The van der Waals surface area contributed by atoms with Gasteiger partial charge in [0, 0.05) is 18.2 Å². The molecule has 1 N–H and O–H groups in total. The molecule has 0 aliphatic rings. The molecule has 0 atom stereocenters. The van der Waals surface area contributed by atoms with Gasteiger partial charge in [0.05, 0.1) is 12.1 Å². The first-order chi connectivity index (χ1) is 11.5. The van der Waals surface area contributed by atoms with Gasteiger partial charge in [0.25, 0.3) is 5.56 Å². The minimum absolute atomic E-state index is 0.0898. The normalized spacial score (nSPS) is 10.8. The summed E-state index contributed by atoms with van der Waals surface area (Å²) >= 11 is 0. The number of amides is 1. The maximum Gasteiger partial charge on any atom is 0.253 e. The fourth-order valence-corrected chi connectivity index (χ4v) is 2.95. The average Bonchev–Trinajstić information content (AvgIpc) is 2.54. The Balaban J connectivity index is 2.07. The molecule has 1 heterocycles. The molecule has 2 aromatic carbocycles. The van der Waals surface area contributed by atoms with E-state index >= 15 is 0 Å². The molecule has 3 aromatic rings. The largest absolute Gasteiger partial charge is 0.321 e. The Morgan fingerprint density at radius 2 is 1.75 bits per heavy atom. The summed E-state index contributed by atoms with van der Waals surface area (Å²) in [6.45, 7) is 5.69. The third kappa shape index (κ3) is 2.95. The lowest BCUT2D eigenvalue weighted by molar-refractivity contribution is -0.116. The second-order valence-corrected chi connectivity index (χ2v) is 6.05. The number of rotatable bonds is 3. The van der Waals surface area contributed by atoms with E-state index in [1.165, 1.54) is 6.92 Å². The summed E-state index contributed by atoms with van der Waals surface area (Å²) in [6, 6.07) is 15.4. The first kappa shape index (κ1) is 16.0. The average molecular weight is 320 g/mol. The highest BCUT2D eigenvalue weighted by Gasteiger charge is 2.16. The van der Waals surface area contributed by atoms with Crippen molar-refractivity contribution in [2.75, 3.05) is 4.90 Å². The first-order valence-corrected chi connectivity index (χ1v) is 7.92. The van der Waals surface area contributed by atoms with Gasteiger partial charge in [-0.05, 0) is 42.5 Å². The van der Waals surface area contributed by atoms with E-state index in [1.807, 2.05) is 62.4 Å². The molecule has 0 aliphatic carbocycles. The summed E-state index contributed by atoms with van der Waals surface area (Å²) in [6.07, 6.45) is 0. The van der Waals surface area contributed by atoms with Crippen molar-refractivity contribution >= 4 is 22.5 Å². The summed E-state index contributed by atoms with van der Waals surface area (Å²) < 4.78 is 0. The topological polar surface area (TPSA) is 53.2 Å². The van der Waals surface area contributed by atoms with Gasteiger partial charge < -0.3 is 9.88 Å². The standard InChI is InChI=1S/C20H20N2O2/c1-13-7-4-5-10-18(13)22(15(3)23)12-17-11-16-9-6-8-14(2)19(16)21-20(17)24/h4-11H,12H2,1-3H3,(H,21,24). The number of aromatic amines is 1. The Kier molecular flexibility index (Phi) is 4.21. The lowest BCUT2D eigenvalue weighted by Gasteiger charge is -2.23. The lowest BCUT2D eigenvalue weighted by Crippen LogP contribution is -2.31. The van der Waals surface area contributed by atoms with Gasteiger partial charge in [-0.25, -0.2) is 0 Å². The van der Waals surface area contributed by atoms with Crippen LogP contribution in [0.3, 0.4) is 0 Å². The monoisotopic (exact) mass is 320 g/mol. The Labute approximate surface area is 140 Å². The van der Waals surface area contributed by atoms with Crippen LogP contribution in [-0.4, -0.2) is 10.9 Å². The number of hydrogen-bond acceptors (Lipinski definition) is 2. The van der Waals surface area contributed by atoms with Crippen LogP contribution >= 0.6 is 0 Å². The van der Waals surface area contributed by atoms with Crippen molar-refractivity contribution in [2.24, 2.45) is 0 Å².